The van der Waals surface area contributed by atoms with Crippen LogP contribution in [0.25, 0.3) is 0 Å². The topological polar surface area (TPSA) is 49.3 Å². The van der Waals surface area contributed by atoms with Crippen LogP contribution in [-0.2, 0) is 0 Å². The highest BCUT2D eigenvalue weighted by molar-refractivity contribution is 9.10. The van der Waals surface area contributed by atoms with E-state index in [2.05, 4.69) is 28.2 Å². The Morgan fingerprint density at radius 2 is 2.24 bits per heavy atom. The third kappa shape index (κ3) is 2.80. The first kappa shape index (κ1) is 12.4. The highest BCUT2D eigenvalue weighted by atomic mass is 79.9. The summed E-state index contributed by atoms with van der Waals surface area (Å²) in [6.45, 7) is 3.19. The molecule has 0 spiro atoms. The first-order chi connectivity index (χ1) is 8.06. The predicted octanol–water partition coefficient (Wildman–Crippen LogP) is 3.75. The monoisotopic (exact) mass is 297 g/mol. The molecule has 0 bridgehead atoms. The van der Waals surface area contributed by atoms with Crippen LogP contribution < -0.4 is 5.32 Å². The smallest absolute Gasteiger partial charge is 0.335 e. The minimum Gasteiger partial charge on any atom is -0.478 e. The van der Waals surface area contributed by atoms with Gasteiger partial charge in [-0.25, -0.2) is 4.79 Å². The normalized spacial score (nSPS) is 16.6. The fourth-order valence-electron chi connectivity index (χ4n) is 1.91. The zero-order valence-corrected chi connectivity index (χ0v) is 11.4. The number of hydrogen-bond donors (Lipinski definition) is 2. The van der Waals surface area contributed by atoms with Crippen LogP contribution >= 0.6 is 15.9 Å². The van der Waals surface area contributed by atoms with Crippen molar-refractivity contribution < 1.29 is 9.90 Å². The van der Waals surface area contributed by atoms with Crippen LogP contribution in [0.5, 0.6) is 0 Å². The van der Waals surface area contributed by atoms with Gasteiger partial charge in [-0.05, 0) is 58.8 Å². The minimum absolute atomic E-state index is 0.305. The molecule has 1 fully saturated rings. The Hall–Kier alpha value is -1.03. The maximum absolute atomic E-state index is 10.8. The minimum atomic E-state index is -0.899. The first-order valence-electron chi connectivity index (χ1n) is 5.83. The Morgan fingerprint density at radius 1 is 1.53 bits per heavy atom. The summed E-state index contributed by atoms with van der Waals surface area (Å²) in [5, 5.41) is 12.3. The Kier molecular flexibility index (Phi) is 3.43. The van der Waals surface area contributed by atoms with E-state index in [1.54, 1.807) is 12.1 Å². The number of hydrogen-bond acceptors (Lipinski definition) is 2. The molecule has 0 atom stereocenters. The van der Waals surface area contributed by atoms with Crippen molar-refractivity contribution in [1.82, 2.24) is 0 Å². The second kappa shape index (κ2) is 4.69. The van der Waals surface area contributed by atoms with Crippen molar-refractivity contribution in [2.75, 3.05) is 11.9 Å². The summed E-state index contributed by atoms with van der Waals surface area (Å²) in [6.07, 6.45) is 3.79. The van der Waals surface area contributed by atoms with Gasteiger partial charge in [0, 0.05) is 16.7 Å². The van der Waals surface area contributed by atoms with Crippen LogP contribution in [0.4, 0.5) is 5.69 Å². The van der Waals surface area contributed by atoms with E-state index >= 15 is 0 Å². The molecule has 92 valence electrons. The van der Waals surface area contributed by atoms with E-state index in [0.717, 1.165) is 16.7 Å². The zero-order chi connectivity index (χ0) is 12.5. The molecule has 2 rings (SSSR count). The molecule has 3 nitrogen and oxygen atoms in total. The van der Waals surface area contributed by atoms with Crippen molar-refractivity contribution >= 4 is 27.6 Å². The van der Waals surface area contributed by atoms with Gasteiger partial charge < -0.3 is 10.4 Å². The summed E-state index contributed by atoms with van der Waals surface area (Å²) in [5.41, 5.74) is 1.75. The van der Waals surface area contributed by atoms with Gasteiger partial charge in [0.05, 0.1) is 5.56 Å². The lowest BCUT2D eigenvalue weighted by molar-refractivity contribution is 0.0697. The fraction of sp³-hybridized carbons (Fsp3) is 0.462. The molecular formula is C13H16BrNO2. The van der Waals surface area contributed by atoms with E-state index in [4.69, 9.17) is 5.11 Å². The quantitative estimate of drug-likeness (QED) is 0.870. The van der Waals surface area contributed by atoms with E-state index in [-0.39, 0.29) is 0 Å². The molecule has 1 aliphatic rings. The Balaban J connectivity index is 2.04. The summed E-state index contributed by atoms with van der Waals surface area (Å²) >= 11 is 3.40. The Bertz CT molecular complexity index is 441. The van der Waals surface area contributed by atoms with Crippen molar-refractivity contribution in [2.24, 2.45) is 5.41 Å². The van der Waals surface area contributed by atoms with Crippen molar-refractivity contribution in [3.05, 3.63) is 28.2 Å². The third-order valence-electron chi connectivity index (χ3n) is 3.58. The number of anilines is 1. The van der Waals surface area contributed by atoms with Crippen molar-refractivity contribution in [1.29, 1.82) is 0 Å². The number of halogens is 1. The van der Waals surface area contributed by atoms with E-state index in [1.165, 1.54) is 19.3 Å². The fourth-order valence-corrected chi connectivity index (χ4v) is 2.43. The average Bonchev–Trinajstić information content (AvgIpc) is 3.08. The van der Waals surface area contributed by atoms with Gasteiger partial charge >= 0.3 is 5.97 Å². The predicted molar refractivity (Wildman–Crippen MR) is 71.5 cm³/mol. The molecule has 1 saturated carbocycles. The summed E-state index contributed by atoms with van der Waals surface area (Å²) < 4.78 is 0.810. The second-order valence-corrected chi connectivity index (χ2v) is 5.56. The highest BCUT2D eigenvalue weighted by Crippen LogP contribution is 2.48. The molecule has 1 aromatic carbocycles. The van der Waals surface area contributed by atoms with E-state index < -0.39 is 5.97 Å². The standard InChI is InChI=1S/C13H16BrNO2/c1-2-13(5-6-13)8-15-11-4-3-9(12(16)17)7-10(11)14/h3-4,7,15H,2,5-6,8H2,1H3,(H,16,17). The molecule has 0 heterocycles. The average molecular weight is 298 g/mol. The first-order valence-corrected chi connectivity index (χ1v) is 6.62. The van der Waals surface area contributed by atoms with Gasteiger partial charge in [0.25, 0.3) is 0 Å². The lowest BCUT2D eigenvalue weighted by Crippen LogP contribution is -2.14. The largest absolute Gasteiger partial charge is 0.478 e. The molecule has 1 aliphatic carbocycles. The van der Waals surface area contributed by atoms with Crippen molar-refractivity contribution in [2.45, 2.75) is 26.2 Å². The zero-order valence-electron chi connectivity index (χ0n) is 9.79. The van der Waals surface area contributed by atoms with E-state index in [1.807, 2.05) is 6.07 Å². The molecule has 0 radical (unpaired) electrons. The van der Waals surface area contributed by atoms with Gasteiger partial charge in [0.15, 0.2) is 0 Å². The van der Waals surface area contributed by atoms with Gasteiger partial charge in [-0.3, -0.25) is 0 Å². The summed E-state index contributed by atoms with van der Waals surface area (Å²) in [6, 6.07) is 5.08. The van der Waals surface area contributed by atoms with Gasteiger partial charge in [-0.2, -0.15) is 0 Å². The van der Waals surface area contributed by atoms with Crippen LogP contribution in [0.1, 0.15) is 36.5 Å². The second-order valence-electron chi connectivity index (χ2n) is 4.71. The lowest BCUT2D eigenvalue weighted by Gasteiger charge is -2.15. The third-order valence-corrected chi connectivity index (χ3v) is 4.23. The summed E-state index contributed by atoms with van der Waals surface area (Å²) in [5.74, 6) is -0.899. The van der Waals surface area contributed by atoms with Crippen molar-refractivity contribution in [3.8, 4) is 0 Å². The van der Waals surface area contributed by atoms with Gasteiger partial charge in [-0.1, -0.05) is 6.92 Å². The number of benzene rings is 1. The molecule has 2 N–H and O–H groups in total. The highest BCUT2D eigenvalue weighted by Gasteiger charge is 2.40. The maximum Gasteiger partial charge on any atom is 0.335 e. The van der Waals surface area contributed by atoms with Crippen LogP contribution in [0, 0.1) is 5.41 Å². The summed E-state index contributed by atoms with van der Waals surface area (Å²) in [7, 11) is 0. The molecule has 0 saturated heterocycles. The number of nitrogens with one attached hydrogen (secondary N) is 1. The van der Waals surface area contributed by atoms with Crippen LogP contribution in [0.15, 0.2) is 22.7 Å². The number of carboxylic acids is 1. The van der Waals surface area contributed by atoms with E-state index in [0.29, 0.717) is 11.0 Å². The van der Waals surface area contributed by atoms with Crippen LogP contribution in [0.3, 0.4) is 0 Å². The Labute approximate surface area is 109 Å². The SMILES string of the molecule is CCC1(CNc2ccc(C(=O)O)cc2Br)CC1. The number of aromatic carboxylic acids is 1. The molecule has 4 heteroatoms. The van der Waals surface area contributed by atoms with Crippen LogP contribution in [0.2, 0.25) is 0 Å². The van der Waals surface area contributed by atoms with Gasteiger partial charge in [-0.15, -0.1) is 0 Å². The van der Waals surface area contributed by atoms with Crippen LogP contribution in [-0.4, -0.2) is 17.6 Å². The maximum atomic E-state index is 10.8. The van der Waals surface area contributed by atoms with Gasteiger partial charge in [0.1, 0.15) is 0 Å². The summed E-state index contributed by atoms with van der Waals surface area (Å²) in [4.78, 5) is 10.8. The molecule has 0 aliphatic heterocycles. The number of carboxylic acid groups (broad SMARTS) is 1. The molecular weight excluding hydrogens is 282 g/mol. The number of carbonyl (C=O) groups is 1. The molecule has 1 aromatic rings. The number of rotatable bonds is 5. The Morgan fingerprint density at radius 3 is 2.71 bits per heavy atom. The molecule has 0 aromatic heterocycles. The van der Waals surface area contributed by atoms with E-state index in [9.17, 15) is 4.79 Å². The van der Waals surface area contributed by atoms with Crippen molar-refractivity contribution in [3.63, 3.8) is 0 Å². The van der Waals surface area contributed by atoms with Gasteiger partial charge in [0.2, 0.25) is 0 Å². The molecule has 17 heavy (non-hydrogen) atoms. The lowest BCUT2D eigenvalue weighted by atomic mass is 10.0. The molecule has 0 unspecified atom stereocenters. The molecule has 0 amide bonds.